The molecule has 3 N–H and O–H groups in total. The number of hydrogen-bond donors (Lipinski definition) is 3. The highest BCUT2D eigenvalue weighted by Gasteiger charge is 2.41. The molecule has 8 heteroatoms. The fourth-order valence-electron chi connectivity index (χ4n) is 3.63. The first-order valence-electron chi connectivity index (χ1n) is 9.79. The Bertz CT molecular complexity index is 1180. The topological polar surface area (TPSA) is 87.1 Å². The summed E-state index contributed by atoms with van der Waals surface area (Å²) in [6.07, 6.45) is 4.93. The van der Waals surface area contributed by atoms with Crippen LogP contribution in [0.3, 0.4) is 0 Å². The smallest absolute Gasteiger partial charge is 0.295 e. The quantitative estimate of drug-likeness (QED) is 0.577. The van der Waals surface area contributed by atoms with Crippen molar-refractivity contribution < 1.29 is 18.7 Å². The maximum absolute atomic E-state index is 13.8. The molecule has 1 aromatic carbocycles. The number of alkyl halides is 2. The van der Waals surface area contributed by atoms with Gasteiger partial charge in [0.2, 0.25) is 0 Å². The van der Waals surface area contributed by atoms with Crippen molar-refractivity contribution in [2.45, 2.75) is 44.2 Å². The molecule has 0 bridgehead atoms. The lowest BCUT2D eigenvalue weighted by Crippen LogP contribution is -2.32. The Labute approximate surface area is 171 Å². The number of carbonyl (C=O) groups excluding carboxylic acids is 1. The molecule has 1 fully saturated rings. The summed E-state index contributed by atoms with van der Waals surface area (Å²) in [5.74, 6) is -3.77. The molecule has 30 heavy (non-hydrogen) atoms. The summed E-state index contributed by atoms with van der Waals surface area (Å²) in [6, 6.07) is 6.71. The molecule has 1 saturated carbocycles. The van der Waals surface area contributed by atoms with Crippen LogP contribution in [-0.2, 0) is 11.5 Å². The largest absolute Gasteiger partial charge is 0.390 e. The maximum atomic E-state index is 13.8. The Morgan fingerprint density at radius 3 is 2.77 bits per heavy atom. The summed E-state index contributed by atoms with van der Waals surface area (Å²) >= 11 is 0. The van der Waals surface area contributed by atoms with Crippen LogP contribution in [0.15, 0.2) is 47.5 Å². The number of carbonyl (C=O) groups is 1. The van der Waals surface area contributed by atoms with Gasteiger partial charge in [-0.15, -0.1) is 0 Å². The van der Waals surface area contributed by atoms with Crippen LogP contribution in [0.1, 0.15) is 54.2 Å². The van der Waals surface area contributed by atoms with Gasteiger partial charge in [0.1, 0.15) is 6.61 Å². The zero-order valence-corrected chi connectivity index (χ0v) is 16.7. The van der Waals surface area contributed by atoms with Gasteiger partial charge < -0.3 is 20.0 Å². The van der Waals surface area contributed by atoms with E-state index in [1.54, 1.807) is 36.0 Å². The number of aliphatic hydroxyl groups excluding tert-OH is 1. The molecule has 3 aromatic rings. The summed E-state index contributed by atoms with van der Waals surface area (Å²) in [6.45, 7) is 2.38. The maximum Gasteiger partial charge on any atom is 0.295 e. The standard InChI is InChI=1S/C22H23F2N3O3/c1-13(14-4-3-5-15(10-14)22(23,24)12-28)26-19(29)17-11-27(21(2)7-8-21)20(30)16-6-9-25-18(16)17/h3-6,9-11,13,25,28H,7-8,12H2,1-2H3,(H,26,29). The van der Waals surface area contributed by atoms with Gasteiger partial charge in [-0.25, -0.2) is 0 Å². The van der Waals surface area contributed by atoms with E-state index in [4.69, 9.17) is 5.11 Å². The number of rotatable bonds is 6. The van der Waals surface area contributed by atoms with Gasteiger partial charge in [-0.2, -0.15) is 8.78 Å². The van der Waals surface area contributed by atoms with Gasteiger partial charge in [0.15, 0.2) is 0 Å². The number of hydrogen-bond acceptors (Lipinski definition) is 3. The summed E-state index contributed by atoms with van der Waals surface area (Å²) in [4.78, 5) is 28.8. The van der Waals surface area contributed by atoms with E-state index in [1.165, 1.54) is 18.2 Å². The number of aromatic nitrogens is 2. The van der Waals surface area contributed by atoms with E-state index in [1.807, 2.05) is 6.92 Å². The Hall–Kier alpha value is -3.00. The molecule has 2 heterocycles. The number of H-pyrrole nitrogens is 1. The van der Waals surface area contributed by atoms with Gasteiger partial charge in [-0.05, 0) is 44.4 Å². The average molecular weight is 415 g/mol. The van der Waals surface area contributed by atoms with Gasteiger partial charge in [-0.3, -0.25) is 9.59 Å². The van der Waals surface area contributed by atoms with Crippen LogP contribution >= 0.6 is 0 Å². The van der Waals surface area contributed by atoms with E-state index in [-0.39, 0.29) is 16.7 Å². The summed E-state index contributed by atoms with van der Waals surface area (Å²) < 4.78 is 29.3. The van der Waals surface area contributed by atoms with Crippen LogP contribution < -0.4 is 10.9 Å². The van der Waals surface area contributed by atoms with Gasteiger partial charge in [-0.1, -0.05) is 18.2 Å². The Morgan fingerprint density at radius 2 is 2.10 bits per heavy atom. The molecule has 0 saturated heterocycles. The predicted molar refractivity (Wildman–Crippen MR) is 109 cm³/mol. The number of nitrogens with zero attached hydrogens (tertiary/aromatic N) is 1. The van der Waals surface area contributed by atoms with Crippen molar-refractivity contribution in [2.24, 2.45) is 0 Å². The fourth-order valence-corrected chi connectivity index (χ4v) is 3.63. The number of nitrogens with one attached hydrogen (secondary N) is 2. The first kappa shape index (κ1) is 20.3. The highest BCUT2D eigenvalue weighted by Crippen LogP contribution is 2.42. The van der Waals surface area contributed by atoms with E-state index in [0.29, 0.717) is 22.0 Å². The minimum atomic E-state index is -3.36. The number of aromatic amines is 1. The molecular weight excluding hydrogens is 392 g/mol. The number of fused-ring (bicyclic) bond motifs is 1. The Balaban J connectivity index is 1.66. The van der Waals surface area contributed by atoms with Crippen molar-refractivity contribution >= 4 is 16.8 Å². The van der Waals surface area contributed by atoms with Crippen LogP contribution in [-0.4, -0.2) is 27.2 Å². The molecule has 0 radical (unpaired) electrons. The summed E-state index contributed by atoms with van der Waals surface area (Å²) in [7, 11) is 0. The number of pyridine rings is 1. The molecule has 1 amide bonds. The number of halogens is 2. The Morgan fingerprint density at radius 1 is 1.37 bits per heavy atom. The minimum Gasteiger partial charge on any atom is -0.390 e. The van der Waals surface area contributed by atoms with Crippen molar-refractivity contribution in [1.82, 2.24) is 14.9 Å². The third-order valence-corrected chi connectivity index (χ3v) is 5.88. The van der Waals surface area contributed by atoms with Crippen LogP contribution in [0.4, 0.5) is 8.78 Å². The molecule has 158 valence electrons. The van der Waals surface area contributed by atoms with Crippen molar-refractivity contribution in [1.29, 1.82) is 0 Å². The second-order valence-corrected chi connectivity index (χ2v) is 8.16. The average Bonchev–Trinajstić information content (AvgIpc) is 3.27. The zero-order chi connectivity index (χ0) is 21.7. The molecule has 1 aliphatic carbocycles. The zero-order valence-electron chi connectivity index (χ0n) is 16.7. The number of amides is 1. The van der Waals surface area contributed by atoms with E-state index in [9.17, 15) is 18.4 Å². The van der Waals surface area contributed by atoms with Crippen LogP contribution in [0.25, 0.3) is 10.9 Å². The van der Waals surface area contributed by atoms with Crippen LogP contribution in [0.5, 0.6) is 0 Å². The van der Waals surface area contributed by atoms with Gasteiger partial charge >= 0.3 is 0 Å². The lowest BCUT2D eigenvalue weighted by atomic mass is 10.0. The van der Waals surface area contributed by atoms with Gasteiger partial charge in [0.05, 0.1) is 22.5 Å². The van der Waals surface area contributed by atoms with E-state index >= 15 is 0 Å². The Kier molecular flexibility index (Phi) is 4.77. The van der Waals surface area contributed by atoms with Crippen LogP contribution in [0, 0.1) is 0 Å². The van der Waals surface area contributed by atoms with E-state index < -0.39 is 24.5 Å². The summed E-state index contributed by atoms with van der Waals surface area (Å²) in [5.41, 5.74) is 0.518. The number of aliphatic hydroxyl groups is 1. The van der Waals surface area contributed by atoms with E-state index in [0.717, 1.165) is 12.8 Å². The molecule has 2 aromatic heterocycles. The van der Waals surface area contributed by atoms with Gasteiger partial charge in [0, 0.05) is 23.5 Å². The summed E-state index contributed by atoms with van der Waals surface area (Å²) in [5, 5.41) is 12.2. The molecule has 0 spiro atoms. The van der Waals surface area contributed by atoms with Crippen LogP contribution in [0.2, 0.25) is 0 Å². The van der Waals surface area contributed by atoms with E-state index in [2.05, 4.69) is 10.3 Å². The molecule has 1 aliphatic rings. The van der Waals surface area contributed by atoms with Crippen molar-refractivity contribution in [3.63, 3.8) is 0 Å². The lowest BCUT2D eigenvalue weighted by molar-refractivity contribution is -0.0556. The second kappa shape index (κ2) is 7.05. The second-order valence-electron chi connectivity index (χ2n) is 8.16. The first-order chi connectivity index (χ1) is 14.2. The van der Waals surface area contributed by atoms with Crippen molar-refractivity contribution in [2.75, 3.05) is 6.61 Å². The molecular formula is C22H23F2N3O3. The molecule has 1 unspecified atom stereocenters. The SMILES string of the molecule is CC(NC(=O)c1cn(C2(C)CC2)c(=O)c2cc[nH]c12)c1cccc(C(F)(F)CO)c1. The number of benzene rings is 1. The fraction of sp³-hybridized carbons (Fsp3) is 0.364. The molecule has 6 nitrogen and oxygen atoms in total. The minimum absolute atomic E-state index is 0.144. The normalized spacial score (nSPS) is 16.4. The highest BCUT2D eigenvalue weighted by atomic mass is 19.3. The molecule has 1 atom stereocenters. The van der Waals surface area contributed by atoms with Gasteiger partial charge in [0.25, 0.3) is 17.4 Å². The van der Waals surface area contributed by atoms with Crippen molar-refractivity contribution in [3.8, 4) is 0 Å². The lowest BCUT2D eigenvalue weighted by Gasteiger charge is -2.20. The third-order valence-electron chi connectivity index (χ3n) is 5.88. The first-order valence-corrected chi connectivity index (χ1v) is 9.79. The molecule has 0 aliphatic heterocycles. The highest BCUT2D eigenvalue weighted by molar-refractivity contribution is 6.05. The monoisotopic (exact) mass is 415 g/mol. The predicted octanol–water partition coefficient (Wildman–Crippen LogP) is 3.41. The third kappa shape index (κ3) is 3.41. The van der Waals surface area contributed by atoms with Crippen molar-refractivity contribution in [3.05, 3.63) is 69.8 Å². The molecule has 4 rings (SSSR count).